The minimum atomic E-state index is -0.374. The monoisotopic (exact) mass is 531 g/mol. The number of fused-ring (bicyclic) bond motifs is 1. The fraction of sp³-hybridized carbons (Fsp3) is 0.462. The van der Waals surface area contributed by atoms with Gasteiger partial charge in [-0.3, -0.25) is 19.8 Å². The molecule has 36 heavy (non-hydrogen) atoms. The third-order valence-corrected chi connectivity index (χ3v) is 7.62. The summed E-state index contributed by atoms with van der Waals surface area (Å²) in [6, 6.07) is 9.05. The van der Waals surface area contributed by atoms with Crippen molar-refractivity contribution in [2.24, 2.45) is 0 Å². The maximum absolute atomic E-state index is 13.8. The summed E-state index contributed by atoms with van der Waals surface area (Å²) in [5.41, 5.74) is 4.03. The average Bonchev–Trinajstić information content (AvgIpc) is 3.25. The summed E-state index contributed by atoms with van der Waals surface area (Å²) >= 11 is 1.50. The van der Waals surface area contributed by atoms with Gasteiger partial charge in [0, 0.05) is 31.3 Å². The zero-order valence-electron chi connectivity index (χ0n) is 21.3. The van der Waals surface area contributed by atoms with Crippen LogP contribution in [0, 0.1) is 24.0 Å². The molecular formula is C26H34ClN5O3S. The molecule has 0 unspecified atom stereocenters. The van der Waals surface area contributed by atoms with Crippen molar-refractivity contribution in [1.29, 1.82) is 0 Å². The SMILES string of the molecule is Cc1cc(C)c2sc(N(CCCN(C)C)C(=O)c3ccc(N4CCCCC4)c([N+](=O)[O-])c3)nc2c1.Cl. The van der Waals surface area contributed by atoms with E-state index in [4.69, 9.17) is 4.98 Å². The number of hydrogen-bond acceptors (Lipinski definition) is 7. The molecule has 10 heteroatoms. The van der Waals surface area contributed by atoms with Crippen molar-refractivity contribution < 1.29 is 9.72 Å². The van der Waals surface area contributed by atoms with Gasteiger partial charge in [-0.1, -0.05) is 17.4 Å². The molecule has 0 radical (unpaired) electrons. The first-order valence-electron chi connectivity index (χ1n) is 12.1. The van der Waals surface area contributed by atoms with Crippen LogP contribution in [0.1, 0.15) is 47.2 Å². The van der Waals surface area contributed by atoms with Crippen LogP contribution in [-0.4, -0.2) is 61.0 Å². The zero-order valence-corrected chi connectivity index (χ0v) is 23.0. The number of thiazole rings is 1. The summed E-state index contributed by atoms with van der Waals surface area (Å²) in [6.07, 6.45) is 3.95. The van der Waals surface area contributed by atoms with E-state index in [9.17, 15) is 14.9 Å². The molecule has 0 N–H and O–H groups in total. The highest BCUT2D eigenvalue weighted by Crippen LogP contribution is 2.35. The standard InChI is InChI=1S/C26H33N5O3S.ClH/c1-18-15-19(2)24-21(16-18)27-26(35-24)30(14-8-11-28(3)4)25(32)20-9-10-22(23(17-20)31(33)34)29-12-6-5-7-13-29;/h9-10,15-17H,5-8,11-14H2,1-4H3;1H. The second-order valence-electron chi connectivity index (χ2n) is 9.55. The molecule has 1 fully saturated rings. The number of nitro groups is 1. The van der Waals surface area contributed by atoms with Crippen LogP contribution in [0.15, 0.2) is 30.3 Å². The number of benzene rings is 2. The first-order chi connectivity index (χ1) is 16.7. The Bertz CT molecular complexity index is 1240. The molecule has 2 aromatic carbocycles. The Morgan fingerprint density at radius 2 is 1.83 bits per heavy atom. The van der Waals surface area contributed by atoms with Gasteiger partial charge in [-0.05, 0) is 89.5 Å². The molecule has 8 nitrogen and oxygen atoms in total. The van der Waals surface area contributed by atoms with Gasteiger partial charge in [-0.25, -0.2) is 4.98 Å². The third-order valence-electron chi connectivity index (χ3n) is 6.39. The Kier molecular flexibility index (Phi) is 9.27. The summed E-state index contributed by atoms with van der Waals surface area (Å²) in [5, 5.41) is 12.6. The number of nitro benzene ring substituents is 1. The summed E-state index contributed by atoms with van der Waals surface area (Å²) in [6.45, 7) is 6.99. The fourth-order valence-corrected chi connectivity index (χ4v) is 5.71. The van der Waals surface area contributed by atoms with Gasteiger partial charge in [-0.2, -0.15) is 0 Å². The Balaban J connectivity index is 0.00000361. The number of anilines is 2. The van der Waals surface area contributed by atoms with E-state index in [1.54, 1.807) is 17.0 Å². The summed E-state index contributed by atoms with van der Waals surface area (Å²) < 4.78 is 1.06. The van der Waals surface area contributed by atoms with Gasteiger partial charge in [0.2, 0.25) is 0 Å². The molecule has 0 aliphatic carbocycles. The molecule has 1 amide bonds. The van der Waals surface area contributed by atoms with Crippen molar-refractivity contribution in [1.82, 2.24) is 9.88 Å². The summed E-state index contributed by atoms with van der Waals surface area (Å²) in [4.78, 5) is 35.9. The quantitative estimate of drug-likeness (QED) is 0.268. The average molecular weight is 532 g/mol. The fourth-order valence-electron chi connectivity index (χ4n) is 4.67. The van der Waals surface area contributed by atoms with Crippen LogP contribution >= 0.6 is 23.7 Å². The first kappa shape index (κ1) is 27.8. The van der Waals surface area contributed by atoms with Crippen molar-refractivity contribution in [2.45, 2.75) is 39.5 Å². The van der Waals surface area contributed by atoms with E-state index in [0.29, 0.717) is 22.9 Å². The van der Waals surface area contributed by atoms with E-state index in [1.165, 1.54) is 17.4 Å². The van der Waals surface area contributed by atoms with Gasteiger partial charge in [-0.15, -0.1) is 12.4 Å². The predicted molar refractivity (Wildman–Crippen MR) is 150 cm³/mol. The highest BCUT2D eigenvalue weighted by molar-refractivity contribution is 7.22. The lowest BCUT2D eigenvalue weighted by Gasteiger charge is -2.28. The van der Waals surface area contributed by atoms with Gasteiger partial charge in [0.25, 0.3) is 11.6 Å². The topological polar surface area (TPSA) is 82.8 Å². The van der Waals surface area contributed by atoms with Gasteiger partial charge in [0.1, 0.15) is 5.69 Å². The first-order valence-corrected chi connectivity index (χ1v) is 12.9. The van der Waals surface area contributed by atoms with E-state index in [0.717, 1.165) is 66.7 Å². The predicted octanol–water partition coefficient (Wildman–Crippen LogP) is 5.83. The molecule has 0 saturated carbocycles. The third kappa shape index (κ3) is 6.14. The lowest BCUT2D eigenvalue weighted by molar-refractivity contribution is -0.384. The summed E-state index contributed by atoms with van der Waals surface area (Å²) in [7, 11) is 4.00. The molecule has 4 rings (SSSR count). The number of carbonyl (C=O) groups is 1. The molecule has 2 heterocycles. The molecule has 1 saturated heterocycles. The van der Waals surface area contributed by atoms with E-state index in [1.807, 2.05) is 27.1 Å². The van der Waals surface area contributed by atoms with Crippen molar-refractivity contribution in [3.05, 3.63) is 57.1 Å². The van der Waals surface area contributed by atoms with Crippen molar-refractivity contribution in [2.75, 3.05) is 50.1 Å². The lowest BCUT2D eigenvalue weighted by atomic mass is 10.1. The molecule has 0 spiro atoms. The van der Waals surface area contributed by atoms with Gasteiger partial charge < -0.3 is 9.80 Å². The molecular weight excluding hydrogens is 498 g/mol. The second-order valence-corrected chi connectivity index (χ2v) is 10.5. The van der Waals surface area contributed by atoms with Crippen LogP contribution in [0.3, 0.4) is 0 Å². The summed E-state index contributed by atoms with van der Waals surface area (Å²) in [5.74, 6) is -0.259. The smallest absolute Gasteiger partial charge is 0.293 e. The van der Waals surface area contributed by atoms with Crippen LogP contribution in [0.4, 0.5) is 16.5 Å². The number of amides is 1. The lowest BCUT2D eigenvalue weighted by Crippen LogP contribution is -2.34. The van der Waals surface area contributed by atoms with E-state index < -0.39 is 0 Å². The number of hydrogen-bond donors (Lipinski definition) is 0. The van der Waals surface area contributed by atoms with Crippen LogP contribution < -0.4 is 9.80 Å². The van der Waals surface area contributed by atoms with Gasteiger partial charge >= 0.3 is 0 Å². The van der Waals surface area contributed by atoms with E-state index in [2.05, 4.69) is 22.8 Å². The highest BCUT2D eigenvalue weighted by atomic mass is 35.5. The minimum absolute atomic E-state index is 0. The minimum Gasteiger partial charge on any atom is -0.366 e. The van der Waals surface area contributed by atoms with Crippen molar-refractivity contribution in [3.63, 3.8) is 0 Å². The molecule has 1 aromatic heterocycles. The molecule has 1 aliphatic rings. The number of nitrogens with zero attached hydrogens (tertiary/aromatic N) is 5. The number of piperidine rings is 1. The number of aryl methyl sites for hydroxylation is 2. The van der Waals surface area contributed by atoms with E-state index >= 15 is 0 Å². The van der Waals surface area contributed by atoms with Crippen LogP contribution in [0.25, 0.3) is 10.2 Å². The van der Waals surface area contributed by atoms with Crippen molar-refractivity contribution >= 4 is 56.4 Å². The van der Waals surface area contributed by atoms with Crippen LogP contribution in [0.2, 0.25) is 0 Å². The number of aromatic nitrogens is 1. The molecule has 194 valence electrons. The number of rotatable bonds is 8. The van der Waals surface area contributed by atoms with Gasteiger partial charge in [0.05, 0.1) is 15.1 Å². The largest absolute Gasteiger partial charge is 0.366 e. The molecule has 1 aliphatic heterocycles. The molecule has 0 atom stereocenters. The van der Waals surface area contributed by atoms with E-state index in [-0.39, 0.29) is 28.9 Å². The Hall–Kier alpha value is -2.75. The molecule has 3 aromatic rings. The Labute approximate surface area is 222 Å². The maximum Gasteiger partial charge on any atom is 0.293 e. The zero-order chi connectivity index (χ0) is 25.1. The maximum atomic E-state index is 13.8. The normalized spacial score (nSPS) is 13.6. The second kappa shape index (κ2) is 12.0. The number of halogens is 1. The van der Waals surface area contributed by atoms with Crippen LogP contribution in [0.5, 0.6) is 0 Å². The number of carbonyl (C=O) groups excluding carboxylic acids is 1. The Morgan fingerprint density at radius 3 is 2.50 bits per heavy atom. The Morgan fingerprint density at radius 1 is 1.11 bits per heavy atom. The van der Waals surface area contributed by atoms with Crippen molar-refractivity contribution in [3.8, 4) is 0 Å². The molecule has 0 bridgehead atoms. The highest BCUT2D eigenvalue weighted by Gasteiger charge is 2.27. The van der Waals surface area contributed by atoms with Gasteiger partial charge in [0.15, 0.2) is 5.13 Å². The van der Waals surface area contributed by atoms with Crippen LogP contribution in [-0.2, 0) is 0 Å².